The smallest absolute Gasteiger partial charge is 0.272 e. The Bertz CT molecular complexity index is 836. The monoisotopic (exact) mass is 254 g/mol. The lowest BCUT2D eigenvalue weighted by Crippen LogP contribution is -2.31. The van der Waals surface area contributed by atoms with Crippen molar-refractivity contribution in [3.05, 3.63) is 69.1 Å². The molecule has 94 valence electrons. The zero-order valence-corrected chi connectivity index (χ0v) is 9.91. The Labute approximate surface area is 107 Å². The summed E-state index contributed by atoms with van der Waals surface area (Å²) < 4.78 is 1.40. The third kappa shape index (κ3) is 2.03. The van der Waals surface area contributed by atoms with Gasteiger partial charge in [0.05, 0.1) is 6.54 Å². The summed E-state index contributed by atoms with van der Waals surface area (Å²) in [6.07, 6.45) is 2.89. The molecule has 0 aliphatic carbocycles. The predicted molar refractivity (Wildman–Crippen MR) is 70.0 cm³/mol. The molecule has 0 amide bonds. The van der Waals surface area contributed by atoms with E-state index < -0.39 is 11.2 Å². The molecule has 3 aromatic rings. The minimum atomic E-state index is -0.516. The van der Waals surface area contributed by atoms with Gasteiger partial charge in [0, 0.05) is 12.4 Å². The van der Waals surface area contributed by atoms with Crippen LogP contribution in [-0.2, 0) is 6.54 Å². The van der Waals surface area contributed by atoms with Crippen LogP contribution >= 0.6 is 0 Å². The summed E-state index contributed by atoms with van der Waals surface area (Å²) in [7, 11) is 0. The van der Waals surface area contributed by atoms with E-state index in [-0.39, 0.29) is 5.52 Å². The first kappa shape index (κ1) is 11.3. The summed E-state index contributed by atoms with van der Waals surface area (Å²) in [6.45, 7) is 0.339. The number of nitrogens with zero attached hydrogens (tertiary/aromatic N) is 3. The van der Waals surface area contributed by atoms with Gasteiger partial charge in [0.25, 0.3) is 5.56 Å². The van der Waals surface area contributed by atoms with Crippen molar-refractivity contribution >= 4 is 11.2 Å². The van der Waals surface area contributed by atoms with Crippen molar-refractivity contribution in [1.29, 1.82) is 0 Å². The van der Waals surface area contributed by atoms with E-state index in [1.54, 1.807) is 0 Å². The molecule has 3 rings (SSSR count). The quantitative estimate of drug-likeness (QED) is 0.723. The molecule has 0 bridgehead atoms. The molecule has 0 unspecified atom stereocenters. The van der Waals surface area contributed by atoms with Crippen molar-refractivity contribution in [2.75, 3.05) is 0 Å². The van der Waals surface area contributed by atoms with Gasteiger partial charge in [0.2, 0.25) is 0 Å². The second-order valence-electron chi connectivity index (χ2n) is 4.06. The molecule has 0 aliphatic heterocycles. The molecule has 0 spiro atoms. The summed E-state index contributed by atoms with van der Waals surface area (Å²) >= 11 is 0. The highest BCUT2D eigenvalue weighted by Crippen LogP contribution is 2.04. The summed E-state index contributed by atoms with van der Waals surface area (Å²) in [5, 5.41) is 0. The second kappa shape index (κ2) is 4.49. The third-order valence-electron chi connectivity index (χ3n) is 2.80. The van der Waals surface area contributed by atoms with Crippen LogP contribution in [0.15, 0.2) is 52.3 Å². The maximum absolute atomic E-state index is 11.9. The van der Waals surface area contributed by atoms with Crippen LogP contribution in [0.3, 0.4) is 0 Å². The van der Waals surface area contributed by atoms with Gasteiger partial charge in [-0.1, -0.05) is 30.3 Å². The SMILES string of the molecule is O=c1[nH]c(=O)n(Cc2ccccc2)c2nccnc12. The first-order valence-corrected chi connectivity index (χ1v) is 5.73. The van der Waals surface area contributed by atoms with Crippen LogP contribution in [0.2, 0.25) is 0 Å². The summed E-state index contributed by atoms with van der Waals surface area (Å²) in [4.78, 5) is 33.8. The van der Waals surface area contributed by atoms with Gasteiger partial charge in [-0.3, -0.25) is 14.3 Å². The van der Waals surface area contributed by atoms with Crippen molar-refractivity contribution in [3.63, 3.8) is 0 Å². The number of aromatic nitrogens is 4. The van der Waals surface area contributed by atoms with Crippen molar-refractivity contribution in [1.82, 2.24) is 19.5 Å². The molecule has 6 heteroatoms. The lowest BCUT2D eigenvalue weighted by molar-refractivity contribution is 0.743. The normalized spacial score (nSPS) is 10.7. The van der Waals surface area contributed by atoms with Gasteiger partial charge in [-0.15, -0.1) is 0 Å². The largest absolute Gasteiger partial charge is 0.330 e. The van der Waals surface area contributed by atoms with Gasteiger partial charge in [-0.05, 0) is 5.56 Å². The number of hydrogen-bond acceptors (Lipinski definition) is 4. The highest BCUT2D eigenvalue weighted by atomic mass is 16.2. The number of H-pyrrole nitrogens is 1. The Morgan fingerprint density at radius 2 is 1.79 bits per heavy atom. The molecule has 2 heterocycles. The topological polar surface area (TPSA) is 80.6 Å². The van der Waals surface area contributed by atoms with Crippen LogP contribution in [0, 0.1) is 0 Å². The van der Waals surface area contributed by atoms with Crippen molar-refractivity contribution < 1.29 is 0 Å². The minimum absolute atomic E-state index is 0.165. The Morgan fingerprint density at radius 1 is 1.05 bits per heavy atom. The van der Waals surface area contributed by atoms with E-state index in [2.05, 4.69) is 15.0 Å². The first-order chi connectivity index (χ1) is 9.25. The Morgan fingerprint density at radius 3 is 2.58 bits per heavy atom. The Balaban J connectivity index is 2.24. The van der Waals surface area contributed by atoms with E-state index in [9.17, 15) is 9.59 Å². The number of benzene rings is 1. The molecule has 19 heavy (non-hydrogen) atoms. The summed E-state index contributed by atoms with van der Waals surface area (Å²) in [5.74, 6) is 0. The number of hydrogen-bond donors (Lipinski definition) is 1. The lowest BCUT2D eigenvalue weighted by Gasteiger charge is -2.07. The van der Waals surface area contributed by atoms with Gasteiger partial charge < -0.3 is 0 Å². The molecule has 0 saturated carbocycles. The Hall–Kier alpha value is -2.76. The van der Waals surface area contributed by atoms with Gasteiger partial charge in [-0.2, -0.15) is 0 Å². The molecule has 0 radical (unpaired) electrons. The van der Waals surface area contributed by atoms with E-state index in [4.69, 9.17) is 0 Å². The fourth-order valence-electron chi connectivity index (χ4n) is 1.92. The van der Waals surface area contributed by atoms with Crippen LogP contribution < -0.4 is 11.2 Å². The highest BCUT2D eigenvalue weighted by molar-refractivity contribution is 5.67. The molecule has 6 nitrogen and oxygen atoms in total. The van der Waals surface area contributed by atoms with Crippen molar-refractivity contribution in [2.24, 2.45) is 0 Å². The molecule has 2 aromatic heterocycles. The average Bonchev–Trinajstić information content (AvgIpc) is 2.45. The maximum Gasteiger partial charge on any atom is 0.330 e. The fourth-order valence-corrected chi connectivity index (χ4v) is 1.92. The zero-order valence-electron chi connectivity index (χ0n) is 9.91. The molecule has 1 aromatic carbocycles. The molecule has 0 saturated heterocycles. The third-order valence-corrected chi connectivity index (χ3v) is 2.80. The second-order valence-corrected chi connectivity index (χ2v) is 4.06. The molecule has 0 fully saturated rings. The maximum atomic E-state index is 11.9. The lowest BCUT2D eigenvalue weighted by atomic mass is 10.2. The fraction of sp³-hybridized carbons (Fsp3) is 0.0769. The van der Waals surface area contributed by atoms with Gasteiger partial charge >= 0.3 is 5.69 Å². The minimum Gasteiger partial charge on any atom is -0.272 e. The van der Waals surface area contributed by atoms with E-state index >= 15 is 0 Å². The van der Waals surface area contributed by atoms with E-state index in [0.29, 0.717) is 12.2 Å². The molecule has 0 atom stereocenters. The summed E-state index contributed by atoms with van der Waals surface area (Å²) in [5.41, 5.74) is 0.404. The van der Waals surface area contributed by atoms with Gasteiger partial charge in [-0.25, -0.2) is 14.8 Å². The standard InChI is InChI=1S/C13H10N4O2/c18-12-10-11(15-7-6-14-10)17(13(19)16-12)8-9-4-2-1-3-5-9/h1-7H,8H2,(H,16,18,19). The van der Waals surface area contributed by atoms with Gasteiger partial charge in [0.1, 0.15) is 0 Å². The van der Waals surface area contributed by atoms with Crippen LogP contribution in [0.5, 0.6) is 0 Å². The average molecular weight is 254 g/mol. The number of fused-ring (bicyclic) bond motifs is 1. The number of aromatic amines is 1. The van der Waals surface area contributed by atoms with Crippen LogP contribution in [0.1, 0.15) is 5.56 Å². The van der Waals surface area contributed by atoms with E-state index in [1.165, 1.54) is 17.0 Å². The van der Waals surface area contributed by atoms with Crippen LogP contribution in [0.25, 0.3) is 11.2 Å². The molecule has 1 N–H and O–H groups in total. The van der Waals surface area contributed by atoms with Crippen molar-refractivity contribution in [3.8, 4) is 0 Å². The zero-order chi connectivity index (χ0) is 13.2. The number of nitrogens with one attached hydrogen (secondary N) is 1. The van der Waals surface area contributed by atoms with Crippen molar-refractivity contribution in [2.45, 2.75) is 6.54 Å². The molecular weight excluding hydrogens is 244 g/mol. The highest BCUT2D eigenvalue weighted by Gasteiger charge is 2.09. The van der Waals surface area contributed by atoms with E-state index in [1.807, 2.05) is 30.3 Å². The molecular formula is C13H10N4O2. The van der Waals surface area contributed by atoms with Gasteiger partial charge in [0.15, 0.2) is 11.2 Å². The van der Waals surface area contributed by atoms with Crippen LogP contribution in [0.4, 0.5) is 0 Å². The Kier molecular flexibility index (Phi) is 2.68. The first-order valence-electron chi connectivity index (χ1n) is 5.73. The molecule has 0 aliphatic rings. The predicted octanol–water partition coefficient (Wildman–Crippen LogP) is 0.528. The van der Waals surface area contributed by atoms with E-state index in [0.717, 1.165) is 5.56 Å². The number of rotatable bonds is 2. The van der Waals surface area contributed by atoms with Crippen LogP contribution in [-0.4, -0.2) is 19.5 Å². The summed E-state index contributed by atoms with van der Waals surface area (Å²) in [6, 6.07) is 9.48.